The summed E-state index contributed by atoms with van der Waals surface area (Å²) in [6, 6.07) is 9.67. The second-order valence-electron chi connectivity index (χ2n) is 5.24. The Hall–Kier alpha value is -2.36. The molecule has 1 amide bonds. The molecule has 2 rings (SSSR count). The van der Waals surface area contributed by atoms with Crippen molar-refractivity contribution in [3.63, 3.8) is 0 Å². The van der Waals surface area contributed by atoms with E-state index in [1.807, 2.05) is 37.3 Å². The summed E-state index contributed by atoms with van der Waals surface area (Å²) in [5.74, 6) is 0.796. The van der Waals surface area contributed by atoms with E-state index in [0.717, 1.165) is 22.1 Å². The van der Waals surface area contributed by atoms with Gasteiger partial charge in [0.25, 0.3) is 0 Å². The molecule has 0 aliphatic heterocycles. The molecule has 1 N–H and O–H groups in total. The molecule has 116 valence electrons. The Kier molecular flexibility index (Phi) is 5.15. The number of carbonyl (C=O) groups is 2. The van der Waals surface area contributed by atoms with Gasteiger partial charge in [-0.15, -0.1) is 0 Å². The molecular weight excluding hydrogens is 278 g/mol. The van der Waals surface area contributed by atoms with Crippen LogP contribution in [-0.2, 0) is 11.2 Å². The number of hydrogen-bond acceptors (Lipinski definition) is 3. The van der Waals surface area contributed by atoms with Gasteiger partial charge in [0.05, 0.1) is 6.61 Å². The number of benzene rings is 2. The molecule has 0 bridgehead atoms. The lowest BCUT2D eigenvalue weighted by molar-refractivity contribution is -0.118. The van der Waals surface area contributed by atoms with E-state index in [1.165, 1.54) is 6.92 Å². The number of ether oxygens (including phenoxy) is 1. The third-order valence-electron chi connectivity index (χ3n) is 3.50. The topological polar surface area (TPSA) is 55.4 Å². The van der Waals surface area contributed by atoms with Crippen LogP contribution in [0.1, 0.15) is 36.7 Å². The first-order chi connectivity index (χ1) is 10.5. The predicted molar refractivity (Wildman–Crippen MR) is 87.5 cm³/mol. The van der Waals surface area contributed by atoms with Crippen LogP contribution in [0.15, 0.2) is 30.3 Å². The summed E-state index contributed by atoms with van der Waals surface area (Å²) in [6.07, 6.45) is 0.673. The van der Waals surface area contributed by atoms with E-state index in [-0.39, 0.29) is 11.7 Å². The van der Waals surface area contributed by atoms with Crippen molar-refractivity contribution in [1.82, 2.24) is 5.32 Å². The maximum atomic E-state index is 11.7. The average Bonchev–Trinajstić information content (AvgIpc) is 2.47. The standard InChI is InChI=1S/C18H21NO3/c1-4-22-17-6-5-14-9-16(12(2)20)10-15(18(14)11-17)7-8-19-13(3)21/h5-6,9-11H,4,7-8H2,1-3H3,(H,19,21). The number of nitrogens with one attached hydrogen (secondary N) is 1. The summed E-state index contributed by atoms with van der Waals surface area (Å²) >= 11 is 0. The molecule has 0 spiro atoms. The van der Waals surface area contributed by atoms with Gasteiger partial charge in [0.2, 0.25) is 5.91 Å². The Balaban J connectivity index is 2.44. The zero-order valence-electron chi connectivity index (χ0n) is 13.2. The van der Waals surface area contributed by atoms with Gasteiger partial charge in [-0.25, -0.2) is 0 Å². The largest absolute Gasteiger partial charge is 0.494 e. The molecule has 22 heavy (non-hydrogen) atoms. The Morgan fingerprint density at radius 2 is 1.91 bits per heavy atom. The van der Waals surface area contributed by atoms with Crippen LogP contribution in [0.3, 0.4) is 0 Å². The summed E-state index contributed by atoms with van der Waals surface area (Å²) in [5, 5.41) is 4.86. The second-order valence-corrected chi connectivity index (χ2v) is 5.24. The normalized spacial score (nSPS) is 10.5. The number of fused-ring (bicyclic) bond motifs is 1. The number of carbonyl (C=O) groups excluding carboxylic acids is 2. The van der Waals surface area contributed by atoms with Gasteiger partial charge in [0.1, 0.15) is 5.75 Å². The zero-order chi connectivity index (χ0) is 16.1. The van der Waals surface area contributed by atoms with Gasteiger partial charge in [-0.05, 0) is 60.9 Å². The molecule has 0 aliphatic carbocycles. The van der Waals surface area contributed by atoms with Gasteiger partial charge in [-0.2, -0.15) is 0 Å². The molecule has 0 heterocycles. The maximum absolute atomic E-state index is 11.7. The summed E-state index contributed by atoms with van der Waals surface area (Å²) in [5.41, 5.74) is 1.73. The third-order valence-corrected chi connectivity index (χ3v) is 3.50. The molecule has 4 heteroatoms. The lowest BCUT2D eigenvalue weighted by Crippen LogP contribution is -2.22. The van der Waals surface area contributed by atoms with Gasteiger partial charge >= 0.3 is 0 Å². The minimum absolute atomic E-state index is 0.0385. The fourth-order valence-corrected chi connectivity index (χ4v) is 2.45. The number of amides is 1. The van der Waals surface area contributed by atoms with Crippen LogP contribution >= 0.6 is 0 Å². The summed E-state index contributed by atoms with van der Waals surface area (Å²) < 4.78 is 5.55. The average molecular weight is 299 g/mol. The highest BCUT2D eigenvalue weighted by Crippen LogP contribution is 2.26. The molecule has 0 saturated carbocycles. The quantitative estimate of drug-likeness (QED) is 0.834. The van der Waals surface area contributed by atoms with E-state index in [0.29, 0.717) is 25.1 Å². The Bertz CT molecular complexity index is 707. The Labute approximate surface area is 130 Å². The molecule has 0 aromatic heterocycles. The number of Topliss-reactive ketones (excluding diaryl/α,β-unsaturated/α-hetero) is 1. The smallest absolute Gasteiger partial charge is 0.216 e. The van der Waals surface area contributed by atoms with E-state index in [4.69, 9.17) is 4.74 Å². The van der Waals surface area contributed by atoms with Gasteiger partial charge in [-0.3, -0.25) is 9.59 Å². The van der Waals surface area contributed by atoms with Crippen molar-refractivity contribution in [2.45, 2.75) is 27.2 Å². The molecule has 0 aliphatic rings. The zero-order valence-corrected chi connectivity index (χ0v) is 13.2. The van der Waals surface area contributed by atoms with Gasteiger partial charge < -0.3 is 10.1 Å². The van der Waals surface area contributed by atoms with E-state index in [1.54, 1.807) is 6.92 Å². The fourth-order valence-electron chi connectivity index (χ4n) is 2.45. The highest BCUT2D eigenvalue weighted by Gasteiger charge is 2.09. The number of hydrogen-bond donors (Lipinski definition) is 1. The third kappa shape index (κ3) is 3.85. The van der Waals surface area contributed by atoms with Crippen molar-refractivity contribution in [2.75, 3.05) is 13.2 Å². The molecule has 0 radical (unpaired) electrons. The van der Waals surface area contributed by atoms with Crippen LogP contribution in [0.25, 0.3) is 10.8 Å². The summed E-state index contributed by atoms with van der Waals surface area (Å²) in [4.78, 5) is 22.7. The molecule has 0 atom stereocenters. The molecule has 2 aromatic carbocycles. The van der Waals surface area contributed by atoms with Crippen LogP contribution < -0.4 is 10.1 Å². The van der Waals surface area contributed by atoms with E-state index in [9.17, 15) is 9.59 Å². The molecule has 0 saturated heterocycles. The first kappa shape index (κ1) is 16.0. The van der Waals surface area contributed by atoms with Crippen LogP contribution in [0.2, 0.25) is 0 Å². The van der Waals surface area contributed by atoms with Crippen molar-refractivity contribution < 1.29 is 14.3 Å². The fraction of sp³-hybridized carbons (Fsp3) is 0.333. The highest BCUT2D eigenvalue weighted by atomic mass is 16.5. The van der Waals surface area contributed by atoms with Crippen LogP contribution in [0, 0.1) is 0 Å². The first-order valence-corrected chi connectivity index (χ1v) is 7.46. The molecule has 2 aromatic rings. The van der Waals surface area contributed by atoms with Crippen LogP contribution in [-0.4, -0.2) is 24.8 Å². The van der Waals surface area contributed by atoms with Crippen molar-refractivity contribution in [3.05, 3.63) is 41.5 Å². The number of ketones is 1. The predicted octanol–water partition coefficient (Wildman–Crippen LogP) is 3.12. The Morgan fingerprint density at radius 3 is 2.55 bits per heavy atom. The van der Waals surface area contributed by atoms with Gasteiger partial charge in [0.15, 0.2) is 5.78 Å². The van der Waals surface area contributed by atoms with Crippen molar-refractivity contribution >= 4 is 22.5 Å². The molecule has 0 fully saturated rings. The lowest BCUT2D eigenvalue weighted by Gasteiger charge is -2.11. The molecule has 4 nitrogen and oxygen atoms in total. The highest BCUT2D eigenvalue weighted by molar-refractivity contribution is 6.00. The minimum atomic E-state index is -0.0537. The molecule has 0 unspecified atom stereocenters. The van der Waals surface area contributed by atoms with Crippen LogP contribution in [0.4, 0.5) is 0 Å². The monoisotopic (exact) mass is 299 g/mol. The number of rotatable bonds is 6. The lowest BCUT2D eigenvalue weighted by atomic mass is 9.97. The first-order valence-electron chi connectivity index (χ1n) is 7.46. The van der Waals surface area contributed by atoms with E-state index < -0.39 is 0 Å². The van der Waals surface area contributed by atoms with E-state index >= 15 is 0 Å². The van der Waals surface area contributed by atoms with Crippen molar-refractivity contribution in [1.29, 1.82) is 0 Å². The van der Waals surface area contributed by atoms with Crippen molar-refractivity contribution in [3.8, 4) is 5.75 Å². The SMILES string of the molecule is CCOc1ccc2cc(C(C)=O)cc(CCNC(C)=O)c2c1. The summed E-state index contributed by atoms with van der Waals surface area (Å²) in [6.45, 7) is 6.16. The van der Waals surface area contributed by atoms with Gasteiger partial charge in [-0.1, -0.05) is 6.07 Å². The molecular formula is C18H21NO3. The Morgan fingerprint density at radius 1 is 1.14 bits per heavy atom. The minimum Gasteiger partial charge on any atom is -0.494 e. The summed E-state index contributed by atoms with van der Waals surface area (Å²) in [7, 11) is 0. The second kappa shape index (κ2) is 7.07. The van der Waals surface area contributed by atoms with Gasteiger partial charge in [0, 0.05) is 19.0 Å². The maximum Gasteiger partial charge on any atom is 0.216 e. The van der Waals surface area contributed by atoms with Crippen LogP contribution in [0.5, 0.6) is 5.75 Å². The van der Waals surface area contributed by atoms with Crippen molar-refractivity contribution in [2.24, 2.45) is 0 Å². The van der Waals surface area contributed by atoms with E-state index in [2.05, 4.69) is 5.32 Å².